The number of anilines is 1. The first-order valence-electron chi connectivity index (χ1n) is 4.91. The number of carbonyl (C=O) groups excluding carboxylic acids is 2. The fraction of sp³-hybridized carbons (Fsp3) is 0.273. The Labute approximate surface area is 109 Å². The second-order valence-electron chi connectivity index (χ2n) is 3.44. The summed E-state index contributed by atoms with van der Waals surface area (Å²) in [5, 5.41) is 4.94. The van der Waals surface area contributed by atoms with Gasteiger partial charge in [-0.15, -0.1) is 0 Å². The molecule has 1 rings (SSSR count). The number of rotatable bonds is 4. The minimum absolute atomic E-state index is 0.164. The molecule has 92 valence electrons. The van der Waals surface area contributed by atoms with E-state index in [1.54, 1.807) is 6.07 Å². The highest BCUT2D eigenvalue weighted by molar-refractivity contribution is 6.53. The van der Waals surface area contributed by atoms with E-state index in [-0.39, 0.29) is 12.5 Å². The summed E-state index contributed by atoms with van der Waals surface area (Å²) in [6.07, 6.45) is 0. The smallest absolute Gasteiger partial charge is 0.253 e. The molecule has 0 saturated carbocycles. The zero-order valence-corrected chi connectivity index (χ0v) is 10.7. The predicted octanol–water partition coefficient (Wildman–Crippen LogP) is 1.85. The Kier molecular flexibility index (Phi) is 5.25. The number of halogens is 2. The molecule has 0 aliphatic carbocycles. The zero-order chi connectivity index (χ0) is 12.8. The lowest BCUT2D eigenvalue weighted by Crippen LogP contribution is -2.35. The van der Waals surface area contributed by atoms with Gasteiger partial charge in [-0.3, -0.25) is 9.59 Å². The van der Waals surface area contributed by atoms with Crippen molar-refractivity contribution in [3.05, 3.63) is 29.8 Å². The van der Waals surface area contributed by atoms with Crippen LogP contribution < -0.4 is 10.6 Å². The second-order valence-corrected chi connectivity index (χ2v) is 4.53. The van der Waals surface area contributed by atoms with E-state index < -0.39 is 10.7 Å². The fourth-order valence-electron chi connectivity index (χ4n) is 1.17. The van der Waals surface area contributed by atoms with Crippen molar-refractivity contribution in [3.63, 3.8) is 0 Å². The number of hydrogen-bond donors (Lipinski definition) is 2. The van der Waals surface area contributed by atoms with Crippen LogP contribution in [0, 0.1) is 6.92 Å². The minimum atomic E-state index is -1.17. The summed E-state index contributed by atoms with van der Waals surface area (Å²) in [5.41, 5.74) is 1.71. The molecule has 2 N–H and O–H groups in total. The van der Waals surface area contributed by atoms with Gasteiger partial charge in [0, 0.05) is 5.69 Å². The maximum absolute atomic E-state index is 11.4. The van der Waals surface area contributed by atoms with Gasteiger partial charge in [-0.2, -0.15) is 0 Å². The molecule has 0 fully saturated rings. The minimum Gasteiger partial charge on any atom is -0.345 e. The molecule has 4 nitrogen and oxygen atoms in total. The predicted molar refractivity (Wildman–Crippen MR) is 68.3 cm³/mol. The highest BCUT2D eigenvalue weighted by Crippen LogP contribution is 2.08. The molecule has 1 aromatic rings. The summed E-state index contributed by atoms with van der Waals surface area (Å²) in [5.74, 6) is -0.925. The largest absolute Gasteiger partial charge is 0.345 e. The van der Waals surface area contributed by atoms with Crippen molar-refractivity contribution in [1.29, 1.82) is 0 Å². The third-order valence-electron chi connectivity index (χ3n) is 1.92. The summed E-state index contributed by atoms with van der Waals surface area (Å²) < 4.78 is 0. The number of benzene rings is 1. The van der Waals surface area contributed by atoms with Gasteiger partial charge in [0.2, 0.25) is 5.91 Å². The molecule has 2 amide bonds. The standard InChI is InChI=1S/C11H12Cl2N2O2/c1-7-3-2-4-8(5-7)15-9(16)6-14-11(17)10(12)13/h2-5,10H,6H2,1H3,(H,14,17)(H,15,16). The van der Waals surface area contributed by atoms with Crippen molar-refractivity contribution in [1.82, 2.24) is 5.32 Å². The average molecular weight is 275 g/mol. The molecule has 0 aliphatic heterocycles. The molecular formula is C11H12Cl2N2O2. The van der Waals surface area contributed by atoms with Crippen LogP contribution in [0.3, 0.4) is 0 Å². The van der Waals surface area contributed by atoms with Crippen LogP contribution in [0.15, 0.2) is 24.3 Å². The van der Waals surface area contributed by atoms with Gasteiger partial charge in [-0.05, 0) is 24.6 Å². The molecule has 0 radical (unpaired) electrons. The van der Waals surface area contributed by atoms with Crippen LogP contribution in [0.25, 0.3) is 0 Å². The Morgan fingerprint density at radius 3 is 2.65 bits per heavy atom. The van der Waals surface area contributed by atoms with Gasteiger partial charge in [0.05, 0.1) is 6.54 Å². The first kappa shape index (κ1) is 13.8. The van der Waals surface area contributed by atoms with Gasteiger partial charge in [0.1, 0.15) is 0 Å². The van der Waals surface area contributed by atoms with Crippen LogP contribution in [0.2, 0.25) is 0 Å². The SMILES string of the molecule is Cc1cccc(NC(=O)CNC(=O)C(Cl)Cl)c1. The van der Waals surface area contributed by atoms with Gasteiger partial charge in [0.25, 0.3) is 5.91 Å². The van der Waals surface area contributed by atoms with Gasteiger partial charge in [0.15, 0.2) is 4.84 Å². The van der Waals surface area contributed by atoms with E-state index in [1.165, 1.54) is 0 Å². The Hall–Kier alpha value is -1.26. The molecule has 17 heavy (non-hydrogen) atoms. The summed E-state index contributed by atoms with van der Waals surface area (Å²) in [7, 11) is 0. The first-order valence-corrected chi connectivity index (χ1v) is 5.78. The van der Waals surface area contributed by atoms with E-state index in [0.29, 0.717) is 5.69 Å². The van der Waals surface area contributed by atoms with E-state index in [4.69, 9.17) is 23.2 Å². The molecule has 0 atom stereocenters. The van der Waals surface area contributed by atoms with Crippen LogP contribution in [-0.4, -0.2) is 23.2 Å². The highest BCUT2D eigenvalue weighted by atomic mass is 35.5. The summed E-state index contributed by atoms with van der Waals surface area (Å²) in [6.45, 7) is 1.76. The number of alkyl halides is 2. The van der Waals surface area contributed by atoms with Crippen molar-refractivity contribution < 1.29 is 9.59 Å². The van der Waals surface area contributed by atoms with Gasteiger partial charge >= 0.3 is 0 Å². The number of nitrogens with one attached hydrogen (secondary N) is 2. The lowest BCUT2D eigenvalue weighted by atomic mass is 10.2. The van der Waals surface area contributed by atoms with Gasteiger partial charge < -0.3 is 10.6 Å². The summed E-state index contributed by atoms with van der Waals surface area (Å²) >= 11 is 10.6. The molecule has 0 saturated heterocycles. The van der Waals surface area contributed by atoms with Crippen molar-refractivity contribution in [2.24, 2.45) is 0 Å². The third-order valence-corrected chi connectivity index (χ3v) is 2.32. The second kappa shape index (κ2) is 6.47. The van der Waals surface area contributed by atoms with E-state index in [0.717, 1.165) is 5.56 Å². The molecule has 0 spiro atoms. The monoisotopic (exact) mass is 274 g/mol. The van der Waals surface area contributed by atoms with Crippen LogP contribution >= 0.6 is 23.2 Å². The Bertz CT molecular complexity index is 422. The number of aryl methyl sites for hydroxylation is 1. The fourth-order valence-corrected chi connectivity index (χ4v) is 1.33. The molecule has 1 aromatic carbocycles. The van der Waals surface area contributed by atoms with E-state index in [2.05, 4.69) is 10.6 Å². The first-order chi connectivity index (χ1) is 7.99. The third kappa shape index (κ3) is 5.06. The average Bonchev–Trinajstić information content (AvgIpc) is 2.25. The zero-order valence-electron chi connectivity index (χ0n) is 9.17. The molecule has 6 heteroatoms. The topological polar surface area (TPSA) is 58.2 Å². The van der Waals surface area contributed by atoms with Crippen LogP contribution in [0.1, 0.15) is 5.56 Å². The molecular weight excluding hydrogens is 263 g/mol. The van der Waals surface area contributed by atoms with Crippen molar-refractivity contribution in [3.8, 4) is 0 Å². The molecule has 0 aliphatic rings. The van der Waals surface area contributed by atoms with E-state index in [9.17, 15) is 9.59 Å². The number of carbonyl (C=O) groups is 2. The van der Waals surface area contributed by atoms with Crippen molar-refractivity contribution >= 4 is 40.7 Å². The van der Waals surface area contributed by atoms with Crippen LogP contribution in [0.4, 0.5) is 5.69 Å². The van der Waals surface area contributed by atoms with Crippen LogP contribution in [-0.2, 0) is 9.59 Å². The Morgan fingerprint density at radius 2 is 2.06 bits per heavy atom. The lowest BCUT2D eigenvalue weighted by Gasteiger charge is -2.07. The maximum atomic E-state index is 11.4. The van der Waals surface area contributed by atoms with Crippen molar-refractivity contribution in [2.45, 2.75) is 11.8 Å². The Morgan fingerprint density at radius 1 is 1.35 bits per heavy atom. The maximum Gasteiger partial charge on any atom is 0.253 e. The summed E-state index contributed by atoms with van der Waals surface area (Å²) in [4.78, 5) is 21.3. The molecule has 0 bridgehead atoms. The Balaban J connectivity index is 2.43. The lowest BCUT2D eigenvalue weighted by molar-refractivity contribution is -0.122. The van der Waals surface area contributed by atoms with Crippen LogP contribution in [0.5, 0.6) is 0 Å². The molecule has 0 heterocycles. The highest BCUT2D eigenvalue weighted by Gasteiger charge is 2.12. The van der Waals surface area contributed by atoms with Gasteiger partial charge in [-0.25, -0.2) is 0 Å². The van der Waals surface area contributed by atoms with Crippen molar-refractivity contribution in [2.75, 3.05) is 11.9 Å². The number of amides is 2. The van der Waals surface area contributed by atoms with E-state index in [1.807, 2.05) is 25.1 Å². The van der Waals surface area contributed by atoms with E-state index >= 15 is 0 Å². The summed E-state index contributed by atoms with van der Waals surface area (Å²) in [6, 6.07) is 7.34. The van der Waals surface area contributed by atoms with Gasteiger partial charge in [-0.1, -0.05) is 35.3 Å². The molecule has 0 aromatic heterocycles. The molecule has 0 unspecified atom stereocenters. The quantitative estimate of drug-likeness (QED) is 0.824. The number of hydrogen-bond acceptors (Lipinski definition) is 2. The normalized spacial score (nSPS) is 10.1.